The second-order valence-electron chi connectivity index (χ2n) is 7.53. The molecule has 1 aliphatic heterocycles. The molecule has 1 unspecified atom stereocenters. The molecule has 1 amide bonds. The predicted molar refractivity (Wildman–Crippen MR) is 109 cm³/mol. The van der Waals surface area contributed by atoms with E-state index < -0.39 is 17.7 Å². The molecule has 1 aromatic carbocycles. The third-order valence-electron chi connectivity index (χ3n) is 4.71. The monoisotopic (exact) mass is 379 g/mol. The van der Waals surface area contributed by atoms with Gasteiger partial charge in [-0.1, -0.05) is 19.9 Å². The lowest BCUT2D eigenvalue weighted by Gasteiger charge is -2.26. The van der Waals surface area contributed by atoms with Crippen LogP contribution in [-0.4, -0.2) is 35.9 Å². The van der Waals surface area contributed by atoms with E-state index in [-0.39, 0.29) is 23.7 Å². The zero-order valence-corrected chi connectivity index (χ0v) is 16.6. The van der Waals surface area contributed by atoms with Crippen LogP contribution in [0, 0.1) is 5.92 Å². The molecule has 1 aliphatic rings. The van der Waals surface area contributed by atoms with Crippen molar-refractivity contribution in [1.29, 1.82) is 0 Å². The fraction of sp³-hybridized carbons (Fsp3) is 0.318. The number of carbonyl (C=O) groups is 2. The molecule has 6 heteroatoms. The molecule has 2 aromatic rings. The molecule has 0 spiro atoms. The van der Waals surface area contributed by atoms with Crippen LogP contribution < -0.4 is 9.80 Å². The number of aliphatic hydroxyl groups excluding tert-OH is 1. The molecule has 0 saturated heterocycles. The Balaban J connectivity index is 2.09. The average molecular weight is 379 g/mol. The van der Waals surface area contributed by atoms with E-state index in [9.17, 15) is 14.7 Å². The molecule has 146 valence electrons. The van der Waals surface area contributed by atoms with Crippen LogP contribution in [0.3, 0.4) is 0 Å². The Morgan fingerprint density at radius 2 is 1.86 bits per heavy atom. The minimum absolute atomic E-state index is 0.112. The van der Waals surface area contributed by atoms with Gasteiger partial charge in [0.25, 0.3) is 5.91 Å². The van der Waals surface area contributed by atoms with E-state index in [0.717, 1.165) is 5.69 Å². The highest BCUT2D eigenvalue weighted by atomic mass is 16.3. The predicted octanol–water partition coefficient (Wildman–Crippen LogP) is 3.66. The van der Waals surface area contributed by atoms with E-state index in [0.29, 0.717) is 11.4 Å². The van der Waals surface area contributed by atoms with Crippen LogP contribution in [0.25, 0.3) is 0 Å². The lowest BCUT2D eigenvalue weighted by molar-refractivity contribution is -0.118. The molecule has 1 N–H and O–H groups in total. The minimum Gasteiger partial charge on any atom is -0.503 e. The van der Waals surface area contributed by atoms with Crippen LogP contribution in [0.2, 0.25) is 0 Å². The summed E-state index contributed by atoms with van der Waals surface area (Å²) in [6.07, 6.45) is 1.87. The van der Waals surface area contributed by atoms with Crippen molar-refractivity contribution in [1.82, 2.24) is 4.98 Å². The third kappa shape index (κ3) is 3.63. The maximum Gasteiger partial charge on any atom is 0.294 e. The first-order valence-electron chi connectivity index (χ1n) is 9.29. The van der Waals surface area contributed by atoms with Gasteiger partial charge in [0.05, 0.1) is 11.3 Å². The SMILES string of the molecule is CC(C)CC(=O)C1=C(O)C(=O)N(c2ccc(N(C)C)cc2)C1c1ccccn1. The summed E-state index contributed by atoms with van der Waals surface area (Å²) in [5, 5.41) is 10.6. The number of amides is 1. The lowest BCUT2D eigenvalue weighted by atomic mass is 9.94. The molecule has 0 bridgehead atoms. The highest BCUT2D eigenvalue weighted by Crippen LogP contribution is 2.41. The standard InChI is InChI=1S/C22H25N3O3/c1-14(2)13-18(26)19-20(17-7-5-6-12-23-17)25(22(28)21(19)27)16-10-8-15(9-11-16)24(3)4/h5-12,14,20,27H,13H2,1-4H3. The fourth-order valence-electron chi connectivity index (χ4n) is 3.37. The zero-order valence-electron chi connectivity index (χ0n) is 16.6. The molecule has 2 heterocycles. The topological polar surface area (TPSA) is 73.7 Å². The number of anilines is 2. The second-order valence-corrected chi connectivity index (χ2v) is 7.53. The van der Waals surface area contributed by atoms with Crippen LogP contribution in [0.1, 0.15) is 32.0 Å². The Morgan fingerprint density at radius 3 is 2.39 bits per heavy atom. The van der Waals surface area contributed by atoms with Crippen LogP contribution in [0.5, 0.6) is 0 Å². The number of nitrogens with zero attached hydrogens (tertiary/aromatic N) is 3. The summed E-state index contributed by atoms with van der Waals surface area (Å²) in [6.45, 7) is 3.86. The van der Waals surface area contributed by atoms with E-state index in [4.69, 9.17) is 0 Å². The van der Waals surface area contributed by atoms with E-state index in [1.807, 2.05) is 57.1 Å². The largest absolute Gasteiger partial charge is 0.503 e. The van der Waals surface area contributed by atoms with Crippen molar-refractivity contribution in [3.05, 3.63) is 65.7 Å². The quantitative estimate of drug-likeness (QED) is 0.829. The molecule has 0 radical (unpaired) electrons. The van der Waals surface area contributed by atoms with Crippen molar-refractivity contribution in [2.45, 2.75) is 26.3 Å². The van der Waals surface area contributed by atoms with Crippen molar-refractivity contribution < 1.29 is 14.7 Å². The van der Waals surface area contributed by atoms with Gasteiger partial charge in [0.1, 0.15) is 6.04 Å². The first-order chi connectivity index (χ1) is 13.3. The van der Waals surface area contributed by atoms with E-state index in [1.165, 1.54) is 4.90 Å². The Bertz CT molecular complexity index is 902. The molecule has 1 aromatic heterocycles. The summed E-state index contributed by atoms with van der Waals surface area (Å²) in [6, 6.07) is 12.0. The van der Waals surface area contributed by atoms with Crippen LogP contribution in [0.4, 0.5) is 11.4 Å². The van der Waals surface area contributed by atoms with Gasteiger partial charge in [0.2, 0.25) is 0 Å². The van der Waals surface area contributed by atoms with Crippen molar-refractivity contribution in [2.24, 2.45) is 5.92 Å². The number of hydrogen-bond donors (Lipinski definition) is 1. The minimum atomic E-state index is -0.745. The van der Waals surface area contributed by atoms with Gasteiger partial charge in [0.15, 0.2) is 11.5 Å². The van der Waals surface area contributed by atoms with Gasteiger partial charge >= 0.3 is 0 Å². The maximum absolute atomic E-state index is 12.9. The molecule has 3 rings (SSSR count). The van der Waals surface area contributed by atoms with Gasteiger partial charge in [-0.25, -0.2) is 0 Å². The van der Waals surface area contributed by atoms with Crippen LogP contribution >= 0.6 is 0 Å². The molecular weight excluding hydrogens is 354 g/mol. The number of benzene rings is 1. The molecular formula is C22H25N3O3. The average Bonchev–Trinajstić information content (AvgIpc) is 2.93. The van der Waals surface area contributed by atoms with Crippen LogP contribution in [-0.2, 0) is 9.59 Å². The number of carbonyl (C=O) groups excluding carboxylic acids is 2. The number of pyridine rings is 1. The maximum atomic E-state index is 12.9. The van der Waals surface area contributed by atoms with Crippen molar-refractivity contribution in [3.63, 3.8) is 0 Å². The Hall–Kier alpha value is -3.15. The molecule has 0 fully saturated rings. The zero-order chi connectivity index (χ0) is 20.4. The number of aliphatic hydroxyl groups is 1. The highest BCUT2D eigenvalue weighted by Gasteiger charge is 2.44. The Morgan fingerprint density at radius 1 is 1.18 bits per heavy atom. The van der Waals surface area contributed by atoms with Gasteiger partial charge in [0, 0.05) is 38.1 Å². The van der Waals surface area contributed by atoms with Gasteiger partial charge in [-0.05, 0) is 42.3 Å². The lowest BCUT2D eigenvalue weighted by Crippen LogP contribution is -2.31. The smallest absolute Gasteiger partial charge is 0.294 e. The normalized spacial score (nSPS) is 16.8. The Kier molecular flexibility index (Phi) is 5.49. The summed E-state index contributed by atoms with van der Waals surface area (Å²) in [5.41, 5.74) is 2.25. The molecule has 6 nitrogen and oxygen atoms in total. The molecule has 28 heavy (non-hydrogen) atoms. The van der Waals surface area contributed by atoms with Crippen molar-refractivity contribution in [3.8, 4) is 0 Å². The highest BCUT2D eigenvalue weighted by molar-refractivity contribution is 6.16. The number of Topliss-reactive ketones (excluding diaryl/α,β-unsaturated/α-hetero) is 1. The van der Waals surface area contributed by atoms with E-state index in [1.54, 1.807) is 24.4 Å². The van der Waals surface area contributed by atoms with Crippen molar-refractivity contribution >= 4 is 23.1 Å². The number of rotatable bonds is 6. The number of hydrogen-bond acceptors (Lipinski definition) is 5. The third-order valence-corrected chi connectivity index (χ3v) is 4.71. The van der Waals surface area contributed by atoms with Crippen molar-refractivity contribution in [2.75, 3.05) is 23.9 Å². The van der Waals surface area contributed by atoms with Gasteiger partial charge < -0.3 is 10.0 Å². The Labute approximate surface area is 165 Å². The fourth-order valence-corrected chi connectivity index (χ4v) is 3.37. The first kappa shape index (κ1) is 19.6. The van der Waals surface area contributed by atoms with Gasteiger partial charge in [-0.15, -0.1) is 0 Å². The molecule has 0 saturated carbocycles. The first-order valence-corrected chi connectivity index (χ1v) is 9.29. The summed E-state index contributed by atoms with van der Waals surface area (Å²) >= 11 is 0. The molecule has 0 aliphatic carbocycles. The summed E-state index contributed by atoms with van der Waals surface area (Å²) in [5.74, 6) is -1.19. The molecule has 1 atom stereocenters. The summed E-state index contributed by atoms with van der Waals surface area (Å²) < 4.78 is 0. The van der Waals surface area contributed by atoms with Gasteiger partial charge in [-0.3, -0.25) is 19.5 Å². The van der Waals surface area contributed by atoms with Crippen LogP contribution in [0.15, 0.2) is 60.0 Å². The summed E-state index contributed by atoms with van der Waals surface area (Å²) in [7, 11) is 3.87. The van der Waals surface area contributed by atoms with E-state index >= 15 is 0 Å². The number of ketones is 1. The number of aromatic nitrogens is 1. The second kappa shape index (κ2) is 7.84. The summed E-state index contributed by atoms with van der Waals surface area (Å²) in [4.78, 5) is 33.6. The van der Waals surface area contributed by atoms with E-state index in [2.05, 4.69) is 4.98 Å². The van der Waals surface area contributed by atoms with Gasteiger partial charge in [-0.2, -0.15) is 0 Å².